The highest BCUT2D eigenvalue weighted by molar-refractivity contribution is 5.80. The maximum absolute atomic E-state index is 12.1. The maximum Gasteiger partial charge on any atom is 0.221 e. The fraction of sp³-hybridized carbons (Fsp3) is 0.333. The minimum atomic E-state index is 0.0563. The summed E-state index contributed by atoms with van der Waals surface area (Å²) in [5.74, 6) is 0.959. The smallest absolute Gasteiger partial charge is 0.221 e. The Morgan fingerprint density at radius 2 is 2.08 bits per heavy atom. The second-order valence-corrected chi connectivity index (χ2v) is 6.45. The number of aromatic nitrogens is 2. The van der Waals surface area contributed by atoms with E-state index in [-0.39, 0.29) is 5.91 Å². The average Bonchev–Trinajstić information content (AvgIpc) is 3.05. The zero-order valence-electron chi connectivity index (χ0n) is 15.4. The van der Waals surface area contributed by atoms with E-state index in [1.807, 2.05) is 29.1 Å². The van der Waals surface area contributed by atoms with Crippen LogP contribution in [0.1, 0.15) is 24.0 Å². The molecule has 0 saturated heterocycles. The Hall–Kier alpha value is -2.82. The number of carbonyl (C=O) groups is 1. The summed E-state index contributed by atoms with van der Waals surface area (Å²) in [6, 6.07) is 14.2. The summed E-state index contributed by atoms with van der Waals surface area (Å²) in [6.07, 6.45) is 4.05. The van der Waals surface area contributed by atoms with Crippen LogP contribution in [0.4, 0.5) is 0 Å². The van der Waals surface area contributed by atoms with Gasteiger partial charge in [0.25, 0.3) is 0 Å². The van der Waals surface area contributed by atoms with Crippen molar-refractivity contribution in [1.29, 1.82) is 0 Å². The number of amides is 1. The molecule has 136 valence electrons. The molecule has 0 aliphatic carbocycles. The summed E-state index contributed by atoms with van der Waals surface area (Å²) in [7, 11) is 1.68. The third kappa shape index (κ3) is 4.42. The van der Waals surface area contributed by atoms with Crippen LogP contribution < -0.4 is 10.1 Å². The highest BCUT2D eigenvalue weighted by Gasteiger charge is 2.06. The quantitative estimate of drug-likeness (QED) is 0.632. The molecule has 1 N–H and O–H groups in total. The zero-order chi connectivity index (χ0) is 18.4. The topological polar surface area (TPSA) is 56.1 Å². The first-order chi connectivity index (χ1) is 12.7. The van der Waals surface area contributed by atoms with Gasteiger partial charge in [0, 0.05) is 18.4 Å². The lowest BCUT2D eigenvalue weighted by atomic mass is 10.1. The van der Waals surface area contributed by atoms with Crippen LogP contribution in [0.2, 0.25) is 0 Å². The predicted octanol–water partition coefficient (Wildman–Crippen LogP) is 3.49. The number of ether oxygens (including phenoxy) is 1. The van der Waals surface area contributed by atoms with Crippen molar-refractivity contribution in [3.63, 3.8) is 0 Å². The second kappa shape index (κ2) is 8.52. The zero-order valence-corrected chi connectivity index (χ0v) is 15.4. The highest BCUT2D eigenvalue weighted by atomic mass is 16.5. The Balaban J connectivity index is 1.43. The average molecular weight is 351 g/mol. The van der Waals surface area contributed by atoms with Gasteiger partial charge >= 0.3 is 0 Å². The monoisotopic (exact) mass is 351 g/mol. The lowest BCUT2D eigenvalue weighted by Gasteiger charge is -2.09. The third-order valence-corrected chi connectivity index (χ3v) is 4.49. The van der Waals surface area contributed by atoms with Crippen molar-refractivity contribution in [2.45, 2.75) is 32.7 Å². The molecule has 0 aliphatic rings. The molecule has 0 fully saturated rings. The molecule has 0 atom stereocenters. The van der Waals surface area contributed by atoms with Crippen LogP contribution >= 0.6 is 0 Å². The Morgan fingerprint density at radius 1 is 1.23 bits per heavy atom. The molecular weight excluding hydrogens is 326 g/mol. The molecule has 1 aromatic heterocycles. The largest absolute Gasteiger partial charge is 0.496 e. The van der Waals surface area contributed by atoms with Gasteiger partial charge in [-0.3, -0.25) is 9.48 Å². The van der Waals surface area contributed by atoms with Crippen LogP contribution in [0, 0.1) is 6.92 Å². The van der Waals surface area contributed by atoms with Crippen LogP contribution in [-0.2, 0) is 17.8 Å². The number of fused-ring (bicyclic) bond motifs is 1. The van der Waals surface area contributed by atoms with Gasteiger partial charge in [0.15, 0.2) is 0 Å². The Labute approximate surface area is 154 Å². The van der Waals surface area contributed by atoms with E-state index in [0.717, 1.165) is 29.5 Å². The molecule has 1 heterocycles. The fourth-order valence-corrected chi connectivity index (χ4v) is 3.10. The van der Waals surface area contributed by atoms with E-state index in [1.165, 1.54) is 11.1 Å². The molecule has 0 saturated carbocycles. The number of para-hydroxylation sites is 1. The number of benzene rings is 2. The maximum atomic E-state index is 12.1. The Kier molecular flexibility index (Phi) is 5.89. The van der Waals surface area contributed by atoms with Crippen molar-refractivity contribution < 1.29 is 9.53 Å². The normalized spacial score (nSPS) is 10.8. The molecule has 3 aromatic rings. The van der Waals surface area contributed by atoms with Crippen molar-refractivity contribution in [3.8, 4) is 5.75 Å². The molecular formula is C21H25N3O2. The standard InChI is InChI=1S/C21H25N3O2/c1-16-9-10-19-18(14-16)15-23-24(19)13-11-21(25)22-12-5-7-17-6-3-4-8-20(17)26-2/h3-4,6,8-10,14-15H,5,7,11-13H2,1-2H3,(H,22,25). The third-order valence-electron chi connectivity index (χ3n) is 4.49. The van der Waals surface area contributed by atoms with E-state index >= 15 is 0 Å². The van der Waals surface area contributed by atoms with E-state index in [0.29, 0.717) is 19.5 Å². The molecule has 2 aromatic carbocycles. The van der Waals surface area contributed by atoms with Crippen LogP contribution in [0.5, 0.6) is 5.75 Å². The minimum absolute atomic E-state index is 0.0563. The molecule has 5 nitrogen and oxygen atoms in total. The van der Waals surface area contributed by atoms with Gasteiger partial charge in [0.1, 0.15) is 5.75 Å². The molecule has 0 radical (unpaired) electrons. The van der Waals surface area contributed by atoms with E-state index in [9.17, 15) is 4.79 Å². The van der Waals surface area contributed by atoms with Gasteiger partial charge in [-0.15, -0.1) is 0 Å². The first kappa shape index (κ1) is 18.0. The van der Waals surface area contributed by atoms with Crippen molar-refractivity contribution in [2.75, 3.05) is 13.7 Å². The molecule has 1 amide bonds. The second-order valence-electron chi connectivity index (χ2n) is 6.45. The van der Waals surface area contributed by atoms with E-state index in [4.69, 9.17) is 4.74 Å². The summed E-state index contributed by atoms with van der Waals surface area (Å²) >= 11 is 0. The SMILES string of the molecule is COc1ccccc1CCCNC(=O)CCn1ncc2cc(C)ccc21. The number of methoxy groups -OCH3 is 1. The van der Waals surface area contributed by atoms with Gasteiger partial charge in [-0.2, -0.15) is 5.10 Å². The number of hydrogen-bond donors (Lipinski definition) is 1. The van der Waals surface area contributed by atoms with Crippen LogP contribution in [-0.4, -0.2) is 29.3 Å². The highest BCUT2D eigenvalue weighted by Crippen LogP contribution is 2.18. The van der Waals surface area contributed by atoms with E-state index in [2.05, 4.69) is 41.6 Å². The summed E-state index contributed by atoms with van der Waals surface area (Å²) in [5.41, 5.74) is 3.45. The van der Waals surface area contributed by atoms with Crippen molar-refractivity contribution >= 4 is 16.8 Å². The summed E-state index contributed by atoms with van der Waals surface area (Å²) in [5, 5.41) is 8.49. The van der Waals surface area contributed by atoms with E-state index in [1.54, 1.807) is 7.11 Å². The van der Waals surface area contributed by atoms with Crippen molar-refractivity contribution in [1.82, 2.24) is 15.1 Å². The molecule has 3 rings (SSSR count). The van der Waals surface area contributed by atoms with Gasteiger partial charge in [-0.1, -0.05) is 29.8 Å². The number of nitrogens with one attached hydrogen (secondary N) is 1. The first-order valence-corrected chi connectivity index (χ1v) is 8.98. The molecule has 26 heavy (non-hydrogen) atoms. The number of carbonyl (C=O) groups excluding carboxylic acids is 1. The number of nitrogens with zero attached hydrogens (tertiary/aromatic N) is 2. The van der Waals surface area contributed by atoms with Gasteiger partial charge in [0.05, 0.1) is 25.4 Å². The molecule has 0 bridgehead atoms. The Bertz CT molecular complexity index is 886. The molecule has 0 spiro atoms. The van der Waals surface area contributed by atoms with E-state index < -0.39 is 0 Å². The van der Waals surface area contributed by atoms with Crippen molar-refractivity contribution in [3.05, 3.63) is 59.8 Å². The summed E-state index contributed by atoms with van der Waals surface area (Å²) < 4.78 is 7.24. The van der Waals surface area contributed by atoms with Crippen molar-refractivity contribution in [2.24, 2.45) is 0 Å². The van der Waals surface area contributed by atoms with Gasteiger partial charge in [-0.05, 0) is 43.5 Å². The lowest BCUT2D eigenvalue weighted by molar-refractivity contribution is -0.121. The number of aryl methyl sites for hydroxylation is 3. The van der Waals surface area contributed by atoms with Crippen LogP contribution in [0.15, 0.2) is 48.7 Å². The first-order valence-electron chi connectivity index (χ1n) is 8.98. The number of hydrogen-bond acceptors (Lipinski definition) is 3. The minimum Gasteiger partial charge on any atom is -0.496 e. The summed E-state index contributed by atoms with van der Waals surface area (Å²) in [6.45, 7) is 3.32. The molecule has 5 heteroatoms. The number of rotatable bonds is 8. The Morgan fingerprint density at radius 3 is 2.92 bits per heavy atom. The molecule has 0 unspecified atom stereocenters. The van der Waals surface area contributed by atoms with Gasteiger partial charge in [0.2, 0.25) is 5.91 Å². The fourth-order valence-electron chi connectivity index (χ4n) is 3.10. The summed E-state index contributed by atoms with van der Waals surface area (Å²) in [4.78, 5) is 12.1. The van der Waals surface area contributed by atoms with Gasteiger partial charge < -0.3 is 10.1 Å². The predicted molar refractivity (Wildman–Crippen MR) is 103 cm³/mol. The molecule has 0 aliphatic heterocycles. The van der Waals surface area contributed by atoms with Gasteiger partial charge in [-0.25, -0.2) is 0 Å². The lowest BCUT2D eigenvalue weighted by Crippen LogP contribution is -2.25. The van der Waals surface area contributed by atoms with Crippen LogP contribution in [0.3, 0.4) is 0 Å². The van der Waals surface area contributed by atoms with Crippen LogP contribution in [0.25, 0.3) is 10.9 Å².